The Kier molecular flexibility index (Phi) is 12.8. The molecule has 0 aromatic heterocycles. The van der Waals surface area contributed by atoms with Gasteiger partial charge in [-0.1, -0.05) is 80.6 Å². The van der Waals surface area contributed by atoms with Crippen LogP contribution in [0.3, 0.4) is 0 Å². The average molecular weight is 766 g/mol. The number of nitrogens with zero attached hydrogens (tertiary/aromatic N) is 2. The van der Waals surface area contributed by atoms with Gasteiger partial charge in [0.2, 0.25) is 11.8 Å². The van der Waals surface area contributed by atoms with Gasteiger partial charge in [0.1, 0.15) is 6.10 Å². The zero-order chi connectivity index (χ0) is 39.9. The number of carbonyl (C=O) groups is 5. The number of piperidine rings is 1. The molecule has 9 heteroatoms. The summed E-state index contributed by atoms with van der Waals surface area (Å²) in [5.41, 5.74) is -0.617. The van der Waals surface area contributed by atoms with Gasteiger partial charge in [-0.3, -0.25) is 24.0 Å². The topological polar surface area (TPSA) is 124 Å². The van der Waals surface area contributed by atoms with Gasteiger partial charge in [-0.15, -0.1) is 0 Å². The maximum absolute atomic E-state index is 15.2. The molecule has 310 valence electrons. The highest BCUT2D eigenvalue weighted by molar-refractivity contribution is 5.96. The minimum absolute atomic E-state index is 0.00967. The van der Waals surface area contributed by atoms with Crippen LogP contribution < -0.4 is 5.32 Å². The number of rotatable bonds is 17. The van der Waals surface area contributed by atoms with E-state index >= 15 is 4.79 Å². The van der Waals surface area contributed by atoms with Gasteiger partial charge in [0.25, 0.3) is 0 Å². The van der Waals surface area contributed by atoms with Crippen LogP contribution in [-0.2, 0) is 24.0 Å². The van der Waals surface area contributed by atoms with Gasteiger partial charge >= 0.3 is 0 Å². The Bertz CT molecular complexity index is 1440. The van der Waals surface area contributed by atoms with Crippen molar-refractivity contribution in [2.45, 2.75) is 182 Å². The molecule has 0 aromatic rings. The normalized spacial score (nSPS) is 30.0. The number of hydrogen-bond donors (Lipinski definition) is 2. The quantitative estimate of drug-likeness (QED) is 0.159. The largest absolute Gasteiger partial charge is 0.385 e. The lowest BCUT2D eigenvalue weighted by Crippen LogP contribution is -2.53. The van der Waals surface area contributed by atoms with E-state index in [-0.39, 0.29) is 70.1 Å². The van der Waals surface area contributed by atoms with Gasteiger partial charge in [-0.2, -0.15) is 0 Å². The lowest BCUT2D eigenvalue weighted by Gasteiger charge is -2.38. The summed E-state index contributed by atoms with van der Waals surface area (Å²) in [7, 11) is 0. The number of hydrogen-bond acceptors (Lipinski definition) is 7. The molecular formula is C46H75N3O6. The highest BCUT2D eigenvalue weighted by Gasteiger charge is 2.85. The number of carbonyl (C=O) groups excluding carboxylic acids is 5. The van der Waals surface area contributed by atoms with Crippen LogP contribution in [-0.4, -0.2) is 88.4 Å². The molecule has 4 saturated carbocycles. The van der Waals surface area contributed by atoms with Crippen LogP contribution in [0.1, 0.15) is 164 Å². The van der Waals surface area contributed by atoms with E-state index in [2.05, 4.69) is 31.0 Å². The number of nitrogens with one attached hydrogen (secondary N) is 1. The van der Waals surface area contributed by atoms with Crippen LogP contribution in [0.25, 0.3) is 0 Å². The Balaban J connectivity index is 1.24. The Hall–Kier alpha value is -2.13. The Morgan fingerprint density at radius 3 is 2.11 bits per heavy atom. The zero-order valence-corrected chi connectivity index (χ0v) is 35.6. The van der Waals surface area contributed by atoms with E-state index in [1.54, 1.807) is 0 Å². The summed E-state index contributed by atoms with van der Waals surface area (Å²) in [5.74, 6) is -1.27. The summed E-state index contributed by atoms with van der Waals surface area (Å²) in [6.45, 7) is 18.0. The SMILES string of the molecule is CCC[C@H](CC(=O)[C@@H]1C[C@@]2(CN1C(=O)[C@@H](CC(=O)[C@@H](NC(=O)[C@@H]1CCCN(CC)C1)C1CCCCC1)C(C)(C)C)C(C)(C)C21CCC1)C(O)C(=O)CC1CC1. The molecule has 2 aliphatic heterocycles. The summed E-state index contributed by atoms with van der Waals surface area (Å²) in [6, 6.07) is -1.26. The number of aliphatic hydroxyl groups is 1. The van der Waals surface area contributed by atoms with E-state index in [1.807, 2.05) is 32.6 Å². The molecule has 9 nitrogen and oxygen atoms in total. The molecule has 6 aliphatic rings. The van der Waals surface area contributed by atoms with Gasteiger partial charge in [-0.05, 0) is 111 Å². The van der Waals surface area contributed by atoms with Crippen molar-refractivity contribution in [1.82, 2.24) is 15.1 Å². The minimum atomic E-state index is -1.16. The van der Waals surface area contributed by atoms with E-state index in [4.69, 9.17) is 0 Å². The number of Topliss-reactive ketones (excluding diaryl/α,β-unsaturated/α-hetero) is 3. The molecule has 1 unspecified atom stereocenters. The van der Waals surface area contributed by atoms with Gasteiger partial charge in [0.05, 0.1) is 18.0 Å². The second-order valence-corrected chi connectivity index (χ2v) is 20.8. The first-order valence-electron chi connectivity index (χ1n) is 22.6. The van der Waals surface area contributed by atoms with Gasteiger partial charge in [-0.25, -0.2) is 0 Å². The summed E-state index contributed by atoms with van der Waals surface area (Å²) >= 11 is 0. The van der Waals surface area contributed by atoms with Crippen molar-refractivity contribution >= 4 is 29.2 Å². The lowest BCUT2D eigenvalue weighted by atomic mass is 9.73. The first kappa shape index (κ1) is 42.5. The van der Waals surface area contributed by atoms with Crippen LogP contribution in [0.5, 0.6) is 0 Å². The molecule has 2 spiro atoms. The van der Waals surface area contributed by atoms with Crippen molar-refractivity contribution in [2.24, 2.45) is 51.2 Å². The molecule has 2 heterocycles. The molecule has 6 rings (SSSR count). The van der Waals surface area contributed by atoms with Gasteiger partial charge in [0, 0.05) is 43.7 Å². The monoisotopic (exact) mass is 766 g/mol. The molecule has 2 saturated heterocycles. The van der Waals surface area contributed by atoms with Crippen molar-refractivity contribution in [3.8, 4) is 0 Å². The van der Waals surface area contributed by atoms with Crippen molar-refractivity contribution < 1.29 is 29.1 Å². The number of aliphatic hydroxyl groups excluding tert-OH is 1. The Morgan fingerprint density at radius 1 is 0.855 bits per heavy atom. The summed E-state index contributed by atoms with van der Waals surface area (Å²) < 4.78 is 0. The van der Waals surface area contributed by atoms with Crippen LogP contribution in [0.15, 0.2) is 0 Å². The molecule has 0 aromatic carbocycles. The number of ketones is 3. The Morgan fingerprint density at radius 2 is 1.55 bits per heavy atom. The van der Waals surface area contributed by atoms with Crippen molar-refractivity contribution in [3.05, 3.63) is 0 Å². The highest BCUT2D eigenvalue weighted by atomic mass is 16.3. The van der Waals surface area contributed by atoms with Crippen molar-refractivity contribution in [2.75, 3.05) is 26.2 Å². The standard InChI is InChI=1S/C46H75N3O6/c1-8-15-32(40(53)38(52)24-30-19-20-30)25-36(50)35-27-46(44(6,7)45(46)21-14-22-45)29-49(35)42(55)34(43(3,4)5)26-37(51)39(31-16-11-10-12-17-31)47-41(54)33-18-13-23-48(9-2)28-33/h30-35,39-40,53H,8-29H2,1-7H3,(H,47,54)/t32-,33-,34-,35+,39+,40?,46-/m1/s1. The molecular weight excluding hydrogens is 691 g/mol. The number of fused-ring (bicyclic) bond motifs is 1. The third kappa shape index (κ3) is 8.27. The fraction of sp³-hybridized carbons (Fsp3) is 0.891. The van der Waals surface area contributed by atoms with E-state index in [0.29, 0.717) is 38.3 Å². The molecule has 0 bridgehead atoms. The fourth-order valence-corrected chi connectivity index (χ4v) is 12.3. The highest BCUT2D eigenvalue weighted by Crippen LogP contribution is 2.88. The minimum Gasteiger partial charge on any atom is -0.385 e. The first-order chi connectivity index (χ1) is 26.0. The molecule has 0 radical (unpaired) electrons. The van der Waals surface area contributed by atoms with Gasteiger partial charge in [0.15, 0.2) is 17.3 Å². The summed E-state index contributed by atoms with van der Waals surface area (Å²) in [5, 5.41) is 14.5. The molecule has 2 amide bonds. The third-order valence-corrected chi connectivity index (χ3v) is 16.4. The smallest absolute Gasteiger partial charge is 0.227 e. The van der Waals surface area contributed by atoms with E-state index in [1.165, 1.54) is 0 Å². The third-order valence-electron chi connectivity index (χ3n) is 16.4. The summed E-state index contributed by atoms with van der Waals surface area (Å²) in [4.78, 5) is 75.7. The summed E-state index contributed by atoms with van der Waals surface area (Å²) in [6.07, 6.45) is 13.5. The molecule has 4 aliphatic carbocycles. The van der Waals surface area contributed by atoms with Crippen LogP contribution in [0.4, 0.5) is 0 Å². The molecule has 55 heavy (non-hydrogen) atoms. The van der Waals surface area contributed by atoms with E-state index < -0.39 is 35.4 Å². The van der Waals surface area contributed by atoms with E-state index in [9.17, 15) is 24.3 Å². The second kappa shape index (κ2) is 16.6. The first-order valence-corrected chi connectivity index (χ1v) is 22.6. The van der Waals surface area contributed by atoms with Crippen LogP contribution in [0.2, 0.25) is 0 Å². The Labute approximate surface area is 332 Å². The fourth-order valence-electron chi connectivity index (χ4n) is 12.3. The predicted molar refractivity (Wildman–Crippen MR) is 215 cm³/mol. The van der Waals surface area contributed by atoms with E-state index in [0.717, 1.165) is 96.6 Å². The molecule has 6 fully saturated rings. The maximum Gasteiger partial charge on any atom is 0.227 e. The number of amides is 2. The van der Waals surface area contributed by atoms with Crippen molar-refractivity contribution in [1.29, 1.82) is 0 Å². The number of likely N-dealkylation sites (tertiary alicyclic amines) is 2. The zero-order valence-electron chi connectivity index (χ0n) is 35.6. The lowest BCUT2D eigenvalue weighted by molar-refractivity contribution is -0.147. The maximum atomic E-state index is 15.2. The predicted octanol–water partition coefficient (Wildman–Crippen LogP) is 7.31. The van der Waals surface area contributed by atoms with Gasteiger partial charge < -0.3 is 20.2 Å². The van der Waals surface area contributed by atoms with Crippen LogP contribution in [0, 0.1) is 51.2 Å². The molecule has 2 N–H and O–H groups in total. The van der Waals surface area contributed by atoms with Crippen molar-refractivity contribution in [3.63, 3.8) is 0 Å². The van der Waals surface area contributed by atoms with Crippen LogP contribution >= 0.6 is 0 Å². The average Bonchev–Trinajstić information content (AvgIpc) is 3.96. The second-order valence-electron chi connectivity index (χ2n) is 20.8. The molecule has 7 atom stereocenters.